The predicted octanol–water partition coefficient (Wildman–Crippen LogP) is 2.93. The van der Waals surface area contributed by atoms with Crippen molar-refractivity contribution in [3.63, 3.8) is 0 Å². The molecular formula is C15H18F3NO2. The number of rotatable bonds is 4. The zero-order chi connectivity index (χ0) is 15.5. The standard InChI is InChI=1S/C15H18F3NO2/c1-21-13-7-3-6-12(13)19-14(20)9-10-4-2-5-11(8-10)15(16,17)18/h2,4-5,8,12-13H,3,6-7,9H2,1H3,(H,19,20)/t12-,13+/m0/s1. The van der Waals surface area contributed by atoms with Crippen LogP contribution in [0.15, 0.2) is 24.3 Å². The average molecular weight is 301 g/mol. The number of carbonyl (C=O) groups is 1. The molecule has 0 heterocycles. The van der Waals surface area contributed by atoms with Gasteiger partial charge in [-0.1, -0.05) is 18.2 Å². The maximum absolute atomic E-state index is 12.6. The lowest BCUT2D eigenvalue weighted by Gasteiger charge is -2.19. The maximum Gasteiger partial charge on any atom is 0.416 e. The molecule has 0 radical (unpaired) electrons. The molecule has 0 bridgehead atoms. The van der Waals surface area contributed by atoms with Gasteiger partial charge in [0.05, 0.1) is 24.1 Å². The summed E-state index contributed by atoms with van der Waals surface area (Å²) in [5.74, 6) is -0.275. The van der Waals surface area contributed by atoms with Crippen molar-refractivity contribution in [2.45, 2.75) is 44.0 Å². The second-order valence-corrected chi connectivity index (χ2v) is 5.25. The van der Waals surface area contributed by atoms with Gasteiger partial charge < -0.3 is 10.1 Å². The number of hydrogen-bond acceptors (Lipinski definition) is 2. The molecule has 6 heteroatoms. The van der Waals surface area contributed by atoms with E-state index >= 15 is 0 Å². The van der Waals surface area contributed by atoms with Gasteiger partial charge in [0.1, 0.15) is 0 Å². The van der Waals surface area contributed by atoms with Crippen LogP contribution in [-0.2, 0) is 22.1 Å². The lowest BCUT2D eigenvalue weighted by atomic mass is 10.1. The third kappa shape index (κ3) is 4.20. The van der Waals surface area contributed by atoms with Gasteiger partial charge in [-0.05, 0) is 30.9 Å². The van der Waals surface area contributed by atoms with E-state index in [0.717, 1.165) is 31.4 Å². The van der Waals surface area contributed by atoms with Crippen LogP contribution in [0.4, 0.5) is 13.2 Å². The van der Waals surface area contributed by atoms with Gasteiger partial charge >= 0.3 is 6.18 Å². The third-order valence-electron chi connectivity index (χ3n) is 3.72. The molecule has 1 saturated carbocycles. The number of benzene rings is 1. The van der Waals surface area contributed by atoms with Crippen LogP contribution in [0, 0.1) is 0 Å². The van der Waals surface area contributed by atoms with Crippen LogP contribution in [0.5, 0.6) is 0 Å². The second kappa shape index (κ2) is 6.47. The van der Waals surface area contributed by atoms with Crippen molar-refractivity contribution in [1.82, 2.24) is 5.32 Å². The van der Waals surface area contributed by atoms with Crippen LogP contribution in [0.3, 0.4) is 0 Å². The van der Waals surface area contributed by atoms with E-state index in [0.29, 0.717) is 5.56 Å². The summed E-state index contributed by atoms with van der Waals surface area (Å²) in [6.07, 6.45) is -1.74. The van der Waals surface area contributed by atoms with Crippen LogP contribution >= 0.6 is 0 Å². The molecule has 0 unspecified atom stereocenters. The summed E-state index contributed by atoms with van der Waals surface area (Å²) < 4.78 is 43.1. The Kier molecular flexibility index (Phi) is 4.88. The first-order valence-electron chi connectivity index (χ1n) is 6.88. The minimum Gasteiger partial charge on any atom is -0.379 e. The molecule has 21 heavy (non-hydrogen) atoms. The zero-order valence-corrected chi connectivity index (χ0v) is 11.7. The molecule has 116 valence electrons. The number of amides is 1. The van der Waals surface area contributed by atoms with E-state index in [4.69, 9.17) is 4.74 Å². The molecule has 0 aromatic heterocycles. The SMILES string of the molecule is CO[C@@H]1CCC[C@@H]1NC(=O)Cc1cccc(C(F)(F)F)c1. The molecule has 0 aliphatic heterocycles. The van der Waals surface area contributed by atoms with Crippen molar-refractivity contribution in [2.24, 2.45) is 0 Å². The van der Waals surface area contributed by atoms with E-state index in [1.54, 1.807) is 7.11 Å². The van der Waals surface area contributed by atoms with Gasteiger partial charge in [0.25, 0.3) is 0 Å². The summed E-state index contributed by atoms with van der Waals surface area (Å²) in [7, 11) is 1.60. The Bertz CT molecular complexity index is 502. The molecule has 3 nitrogen and oxygen atoms in total. The molecule has 1 amide bonds. The van der Waals surface area contributed by atoms with Crippen molar-refractivity contribution in [2.75, 3.05) is 7.11 Å². The Morgan fingerprint density at radius 1 is 1.38 bits per heavy atom. The number of carbonyl (C=O) groups excluding carboxylic acids is 1. The summed E-state index contributed by atoms with van der Waals surface area (Å²) in [5, 5.41) is 2.84. The fraction of sp³-hybridized carbons (Fsp3) is 0.533. The molecule has 1 fully saturated rings. The number of ether oxygens (including phenoxy) is 1. The molecule has 1 aromatic carbocycles. The van der Waals surface area contributed by atoms with E-state index in [9.17, 15) is 18.0 Å². The molecule has 1 aliphatic rings. The Balaban J connectivity index is 1.97. The van der Waals surface area contributed by atoms with E-state index in [1.165, 1.54) is 12.1 Å². The minimum atomic E-state index is -4.39. The number of hydrogen-bond donors (Lipinski definition) is 1. The van der Waals surface area contributed by atoms with E-state index in [1.807, 2.05) is 0 Å². The summed E-state index contributed by atoms with van der Waals surface area (Å²) >= 11 is 0. The Morgan fingerprint density at radius 2 is 2.14 bits per heavy atom. The van der Waals surface area contributed by atoms with Gasteiger partial charge in [0.15, 0.2) is 0 Å². The monoisotopic (exact) mass is 301 g/mol. The summed E-state index contributed by atoms with van der Waals surface area (Å²) in [6.45, 7) is 0. The van der Waals surface area contributed by atoms with Crippen molar-refractivity contribution in [3.8, 4) is 0 Å². The first kappa shape index (κ1) is 15.8. The van der Waals surface area contributed by atoms with Crippen molar-refractivity contribution in [1.29, 1.82) is 0 Å². The van der Waals surface area contributed by atoms with Crippen LogP contribution < -0.4 is 5.32 Å². The first-order valence-corrected chi connectivity index (χ1v) is 6.88. The molecule has 1 aromatic rings. The average Bonchev–Trinajstić information content (AvgIpc) is 2.85. The zero-order valence-electron chi connectivity index (χ0n) is 11.7. The smallest absolute Gasteiger partial charge is 0.379 e. The van der Waals surface area contributed by atoms with Crippen LogP contribution in [0.2, 0.25) is 0 Å². The highest BCUT2D eigenvalue weighted by Crippen LogP contribution is 2.29. The number of methoxy groups -OCH3 is 1. The molecule has 1 N–H and O–H groups in total. The van der Waals surface area contributed by atoms with E-state index < -0.39 is 11.7 Å². The number of halogens is 3. The molecule has 1 aliphatic carbocycles. The molecule has 2 rings (SSSR count). The lowest BCUT2D eigenvalue weighted by Crippen LogP contribution is -2.41. The van der Waals surface area contributed by atoms with Gasteiger partial charge in [0, 0.05) is 7.11 Å². The second-order valence-electron chi connectivity index (χ2n) is 5.25. The van der Waals surface area contributed by atoms with Crippen molar-refractivity contribution in [3.05, 3.63) is 35.4 Å². The highest BCUT2D eigenvalue weighted by atomic mass is 19.4. The molecule has 2 atom stereocenters. The maximum atomic E-state index is 12.6. The number of alkyl halides is 3. The normalized spacial score (nSPS) is 22.3. The Labute approximate surface area is 121 Å². The summed E-state index contributed by atoms with van der Waals surface area (Å²) in [6, 6.07) is 4.81. The fourth-order valence-corrected chi connectivity index (χ4v) is 2.67. The van der Waals surface area contributed by atoms with Gasteiger partial charge in [-0.2, -0.15) is 13.2 Å². The van der Waals surface area contributed by atoms with Gasteiger partial charge in [0.2, 0.25) is 5.91 Å². The predicted molar refractivity (Wildman–Crippen MR) is 71.7 cm³/mol. The van der Waals surface area contributed by atoms with Crippen LogP contribution in [0.1, 0.15) is 30.4 Å². The largest absolute Gasteiger partial charge is 0.416 e. The lowest BCUT2D eigenvalue weighted by molar-refractivity contribution is -0.137. The van der Waals surface area contributed by atoms with Gasteiger partial charge in [-0.3, -0.25) is 4.79 Å². The van der Waals surface area contributed by atoms with Crippen molar-refractivity contribution >= 4 is 5.91 Å². The Hall–Kier alpha value is -1.56. The van der Waals surface area contributed by atoms with Crippen LogP contribution in [-0.4, -0.2) is 25.2 Å². The molecular weight excluding hydrogens is 283 g/mol. The Morgan fingerprint density at radius 3 is 2.81 bits per heavy atom. The number of nitrogens with one attached hydrogen (secondary N) is 1. The highest BCUT2D eigenvalue weighted by molar-refractivity contribution is 5.79. The van der Waals surface area contributed by atoms with Gasteiger partial charge in [-0.25, -0.2) is 0 Å². The van der Waals surface area contributed by atoms with Gasteiger partial charge in [-0.15, -0.1) is 0 Å². The molecule has 0 saturated heterocycles. The first-order chi connectivity index (χ1) is 9.90. The third-order valence-corrected chi connectivity index (χ3v) is 3.72. The topological polar surface area (TPSA) is 38.3 Å². The van der Waals surface area contributed by atoms with Crippen molar-refractivity contribution < 1.29 is 22.7 Å². The van der Waals surface area contributed by atoms with E-state index in [2.05, 4.69) is 5.32 Å². The highest BCUT2D eigenvalue weighted by Gasteiger charge is 2.31. The molecule has 0 spiro atoms. The van der Waals surface area contributed by atoms with E-state index in [-0.39, 0.29) is 24.5 Å². The quantitative estimate of drug-likeness (QED) is 0.928. The minimum absolute atomic E-state index is 0.00420. The summed E-state index contributed by atoms with van der Waals surface area (Å²) in [4.78, 5) is 11.9. The van der Waals surface area contributed by atoms with Crippen LogP contribution in [0.25, 0.3) is 0 Å². The fourth-order valence-electron chi connectivity index (χ4n) is 2.67. The summed E-state index contributed by atoms with van der Waals surface area (Å²) in [5.41, 5.74) is -0.377.